The van der Waals surface area contributed by atoms with Crippen LogP contribution in [0.2, 0.25) is 0 Å². The standard InChI is InChI=1S/C23H24N2O5/c1-13(21(26)24-11-14-10-19(14)22(27)28)25-23(29)30-12-20-17-8-4-2-6-15(17)16-7-3-5-9-18(16)20/h2-9,13-14,19-20H,10-12H2,1H3,(H,24,26)(H,25,29)(H,27,28)/t13-,14-,19-/m0/s1. The van der Waals surface area contributed by atoms with E-state index in [0.29, 0.717) is 13.0 Å². The van der Waals surface area contributed by atoms with Gasteiger partial charge in [0.05, 0.1) is 5.92 Å². The molecule has 4 rings (SSSR count). The Hall–Kier alpha value is -3.35. The summed E-state index contributed by atoms with van der Waals surface area (Å²) in [4.78, 5) is 35.2. The fraction of sp³-hybridized carbons (Fsp3) is 0.348. The Morgan fingerprint density at radius 2 is 1.67 bits per heavy atom. The summed E-state index contributed by atoms with van der Waals surface area (Å²) < 4.78 is 5.44. The van der Waals surface area contributed by atoms with Crippen LogP contribution in [-0.4, -0.2) is 42.3 Å². The van der Waals surface area contributed by atoms with Crippen LogP contribution in [0.25, 0.3) is 11.1 Å². The normalized spacial score (nSPS) is 19.9. The van der Waals surface area contributed by atoms with Gasteiger partial charge in [0.2, 0.25) is 5.91 Å². The van der Waals surface area contributed by atoms with E-state index in [-0.39, 0.29) is 30.3 Å². The molecular weight excluding hydrogens is 384 g/mol. The van der Waals surface area contributed by atoms with Gasteiger partial charge in [0.1, 0.15) is 12.6 Å². The number of ether oxygens (including phenoxy) is 1. The Balaban J connectivity index is 1.29. The molecule has 3 N–H and O–H groups in total. The van der Waals surface area contributed by atoms with Crippen molar-refractivity contribution in [3.8, 4) is 11.1 Å². The smallest absolute Gasteiger partial charge is 0.407 e. The van der Waals surface area contributed by atoms with Crippen LogP contribution in [0, 0.1) is 11.8 Å². The van der Waals surface area contributed by atoms with E-state index in [1.807, 2.05) is 36.4 Å². The molecule has 0 aromatic heterocycles. The number of nitrogens with one attached hydrogen (secondary N) is 2. The van der Waals surface area contributed by atoms with Gasteiger partial charge in [0, 0.05) is 12.5 Å². The summed E-state index contributed by atoms with van der Waals surface area (Å²) >= 11 is 0. The Labute approximate surface area is 174 Å². The molecule has 30 heavy (non-hydrogen) atoms. The number of carbonyl (C=O) groups excluding carboxylic acids is 2. The van der Waals surface area contributed by atoms with Gasteiger partial charge in [-0.25, -0.2) is 4.79 Å². The number of carboxylic acids is 1. The van der Waals surface area contributed by atoms with Crippen LogP contribution in [0.1, 0.15) is 30.4 Å². The zero-order chi connectivity index (χ0) is 21.3. The summed E-state index contributed by atoms with van der Waals surface area (Å²) in [6.07, 6.45) is -0.0848. The lowest BCUT2D eigenvalue weighted by Crippen LogP contribution is -2.45. The molecule has 0 aliphatic heterocycles. The van der Waals surface area contributed by atoms with Gasteiger partial charge in [0.15, 0.2) is 0 Å². The minimum atomic E-state index is -0.834. The van der Waals surface area contributed by atoms with Crippen molar-refractivity contribution in [2.24, 2.45) is 11.8 Å². The number of aliphatic carboxylic acids is 1. The summed E-state index contributed by atoms with van der Waals surface area (Å²) in [5.74, 6) is -1.66. The van der Waals surface area contributed by atoms with Crippen molar-refractivity contribution < 1.29 is 24.2 Å². The van der Waals surface area contributed by atoms with E-state index in [1.54, 1.807) is 6.92 Å². The predicted octanol–water partition coefficient (Wildman–Crippen LogP) is 2.75. The topological polar surface area (TPSA) is 105 Å². The highest BCUT2D eigenvalue weighted by Crippen LogP contribution is 2.44. The van der Waals surface area contributed by atoms with E-state index in [2.05, 4.69) is 22.8 Å². The molecule has 7 nitrogen and oxygen atoms in total. The quantitative estimate of drug-likeness (QED) is 0.653. The molecular formula is C23H24N2O5. The van der Waals surface area contributed by atoms with Crippen molar-refractivity contribution >= 4 is 18.0 Å². The van der Waals surface area contributed by atoms with E-state index in [9.17, 15) is 14.4 Å². The summed E-state index contributed by atoms with van der Waals surface area (Å²) in [6, 6.07) is 15.4. The highest BCUT2D eigenvalue weighted by atomic mass is 16.5. The maximum atomic E-state index is 12.2. The molecule has 2 aromatic carbocycles. The molecule has 0 unspecified atom stereocenters. The van der Waals surface area contributed by atoms with Crippen LogP contribution in [0.3, 0.4) is 0 Å². The van der Waals surface area contributed by atoms with Crippen molar-refractivity contribution in [1.82, 2.24) is 10.6 Å². The van der Waals surface area contributed by atoms with Crippen molar-refractivity contribution in [3.63, 3.8) is 0 Å². The maximum Gasteiger partial charge on any atom is 0.407 e. The van der Waals surface area contributed by atoms with Crippen LogP contribution < -0.4 is 10.6 Å². The number of benzene rings is 2. The number of carboxylic acid groups (broad SMARTS) is 1. The molecule has 7 heteroatoms. The Morgan fingerprint density at radius 3 is 2.23 bits per heavy atom. The van der Waals surface area contributed by atoms with Crippen LogP contribution >= 0.6 is 0 Å². The Bertz CT molecular complexity index is 944. The van der Waals surface area contributed by atoms with Crippen molar-refractivity contribution in [1.29, 1.82) is 0 Å². The lowest BCUT2D eigenvalue weighted by Gasteiger charge is -2.17. The van der Waals surface area contributed by atoms with Gasteiger partial charge < -0.3 is 20.5 Å². The van der Waals surface area contributed by atoms with Gasteiger partial charge >= 0.3 is 12.1 Å². The zero-order valence-corrected chi connectivity index (χ0v) is 16.6. The van der Waals surface area contributed by atoms with E-state index in [4.69, 9.17) is 9.84 Å². The second-order valence-electron chi connectivity index (χ2n) is 7.88. The third kappa shape index (κ3) is 4.01. The van der Waals surface area contributed by atoms with E-state index in [0.717, 1.165) is 22.3 Å². The third-order valence-corrected chi connectivity index (χ3v) is 5.85. The lowest BCUT2D eigenvalue weighted by molar-refractivity contribution is -0.139. The fourth-order valence-corrected chi connectivity index (χ4v) is 4.04. The van der Waals surface area contributed by atoms with Crippen molar-refractivity contribution in [2.45, 2.75) is 25.3 Å². The summed E-state index contributed by atoms with van der Waals surface area (Å²) in [7, 11) is 0. The largest absolute Gasteiger partial charge is 0.481 e. The summed E-state index contributed by atoms with van der Waals surface area (Å²) in [5, 5.41) is 14.1. The molecule has 3 atom stereocenters. The minimum absolute atomic E-state index is 0.0342. The van der Waals surface area contributed by atoms with Gasteiger partial charge in [-0.05, 0) is 41.5 Å². The predicted molar refractivity (Wildman–Crippen MR) is 110 cm³/mol. The molecule has 0 heterocycles. The van der Waals surface area contributed by atoms with Gasteiger partial charge in [-0.3, -0.25) is 9.59 Å². The number of amides is 2. The average Bonchev–Trinajstić information content (AvgIpc) is 3.46. The monoisotopic (exact) mass is 408 g/mol. The van der Waals surface area contributed by atoms with E-state index in [1.165, 1.54) is 0 Å². The van der Waals surface area contributed by atoms with E-state index >= 15 is 0 Å². The number of hydrogen-bond acceptors (Lipinski definition) is 4. The number of fused-ring (bicyclic) bond motifs is 3. The van der Waals surface area contributed by atoms with Crippen LogP contribution in [0.5, 0.6) is 0 Å². The number of carbonyl (C=O) groups is 3. The van der Waals surface area contributed by atoms with Crippen molar-refractivity contribution in [3.05, 3.63) is 59.7 Å². The molecule has 2 aliphatic rings. The van der Waals surface area contributed by atoms with Gasteiger partial charge in [-0.15, -0.1) is 0 Å². The first kappa shape index (κ1) is 19.9. The maximum absolute atomic E-state index is 12.2. The first-order valence-electron chi connectivity index (χ1n) is 10.1. The molecule has 2 aliphatic carbocycles. The fourth-order valence-electron chi connectivity index (χ4n) is 4.04. The summed E-state index contributed by atoms with van der Waals surface area (Å²) in [6.45, 7) is 2.04. The number of alkyl carbamates (subject to hydrolysis) is 1. The van der Waals surface area contributed by atoms with Crippen LogP contribution in [0.4, 0.5) is 4.79 Å². The van der Waals surface area contributed by atoms with Gasteiger partial charge in [-0.1, -0.05) is 48.5 Å². The molecule has 1 saturated carbocycles. The SMILES string of the molecule is C[C@H](NC(=O)OCC1c2ccccc2-c2ccccc21)C(=O)NC[C@@H]1C[C@@H]1C(=O)O. The van der Waals surface area contributed by atoms with E-state index < -0.39 is 18.1 Å². The van der Waals surface area contributed by atoms with Gasteiger partial charge in [0.25, 0.3) is 0 Å². The zero-order valence-electron chi connectivity index (χ0n) is 16.6. The highest BCUT2D eigenvalue weighted by molar-refractivity contribution is 5.85. The molecule has 1 fully saturated rings. The summed E-state index contributed by atoms with van der Waals surface area (Å²) in [5.41, 5.74) is 4.54. The first-order valence-corrected chi connectivity index (χ1v) is 10.1. The number of rotatable bonds is 7. The highest BCUT2D eigenvalue weighted by Gasteiger charge is 2.43. The van der Waals surface area contributed by atoms with Gasteiger partial charge in [-0.2, -0.15) is 0 Å². The molecule has 156 valence electrons. The lowest BCUT2D eigenvalue weighted by atomic mass is 9.98. The van der Waals surface area contributed by atoms with Crippen molar-refractivity contribution in [2.75, 3.05) is 13.2 Å². The minimum Gasteiger partial charge on any atom is -0.481 e. The molecule has 2 aromatic rings. The first-order chi connectivity index (χ1) is 14.5. The molecule has 0 spiro atoms. The van der Waals surface area contributed by atoms with Crippen LogP contribution in [0.15, 0.2) is 48.5 Å². The second kappa shape index (κ2) is 8.18. The van der Waals surface area contributed by atoms with Crippen LogP contribution in [-0.2, 0) is 14.3 Å². The molecule has 0 radical (unpaired) electrons. The molecule has 0 saturated heterocycles. The average molecular weight is 408 g/mol. The second-order valence-corrected chi connectivity index (χ2v) is 7.88. The third-order valence-electron chi connectivity index (χ3n) is 5.85. The Morgan fingerprint density at radius 1 is 1.07 bits per heavy atom. The molecule has 2 amide bonds. The molecule has 0 bridgehead atoms. The Kier molecular flexibility index (Phi) is 5.44. The number of hydrogen-bond donors (Lipinski definition) is 3.